The number of hydrogen-bond donors (Lipinski definition) is 2. The Morgan fingerprint density at radius 3 is 2.78 bits per heavy atom. The van der Waals surface area contributed by atoms with E-state index in [2.05, 4.69) is 19.9 Å². The summed E-state index contributed by atoms with van der Waals surface area (Å²) >= 11 is 0. The Hall–Kier alpha value is -1.44. The van der Waals surface area contributed by atoms with Crippen LogP contribution in [0.1, 0.15) is 19.3 Å². The first-order valence-corrected chi connectivity index (χ1v) is 9.59. The highest BCUT2D eigenvalue weighted by molar-refractivity contribution is 7.90. The van der Waals surface area contributed by atoms with Crippen molar-refractivity contribution in [2.75, 3.05) is 38.5 Å². The maximum atomic E-state index is 12.2. The van der Waals surface area contributed by atoms with Crippen LogP contribution < -0.4 is 10.6 Å². The molecule has 2 N–H and O–H groups in total. The molecule has 1 aromatic carbocycles. The number of benzene rings is 1. The minimum atomic E-state index is -3.57. The van der Waals surface area contributed by atoms with Gasteiger partial charge in [-0.15, -0.1) is 4.40 Å². The highest BCUT2D eigenvalue weighted by Crippen LogP contribution is 2.27. The topological polar surface area (TPSA) is 73.8 Å². The Morgan fingerprint density at radius 1 is 1.30 bits per heavy atom. The average molecular weight is 336 g/mol. The maximum absolute atomic E-state index is 12.2. The fourth-order valence-electron chi connectivity index (χ4n) is 3.23. The second-order valence-electron chi connectivity index (χ2n) is 6.25. The van der Waals surface area contributed by atoms with Gasteiger partial charge in [0.15, 0.2) is 0 Å². The fraction of sp³-hybridized carbons (Fsp3) is 0.562. The molecule has 0 atom stereocenters. The average Bonchev–Trinajstić information content (AvgIpc) is 2.54. The van der Waals surface area contributed by atoms with Crippen LogP contribution in [0.25, 0.3) is 0 Å². The molecule has 0 unspecified atom stereocenters. The molecule has 126 valence electrons. The van der Waals surface area contributed by atoms with Crippen molar-refractivity contribution in [3.63, 3.8) is 0 Å². The van der Waals surface area contributed by atoms with Crippen molar-refractivity contribution < 1.29 is 8.42 Å². The summed E-state index contributed by atoms with van der Waals surface area (Å²) in [5.74, 6) is 1.29. The van der Waals surface area contributed by atoms with Crippen molar-refractivity contribution in [3.05, 3.63) is 24.3 Å². The molecule has 2 heterocycles. The number of sulfonamides is 1. The van der Waals surface area contributed by atoms with Gasteiger partial charge in [0.2, 0.25) is 0 Å². The lowest BCUT2D eigenvalue weighted by atomic mass is 9.93. The molecule has 1 saturated heterocycles. The minimum Gasteiger partial charge on any atom is -0.341 e. The summed E-state index contributed by atoms with van der Waals surface area (Å²) in [7, 11) is -1.59. The molecule has 1 aromatic rings. The van der Waals surface area contributed by atoms with Gasteiger partial charge in [-0.25, -0.2) is 0 Å². The predicted octanol–water partition coefficient (Wildman–Crippen LogP) is 1.52. The van der Waals surface area contributed by atoms with Gasteiger partial charge in [0.25, 0.3) is 10.0 Å². The molecule has 0 spiro atoms. The maximum Gasteiger partial charge on any atom is 0.286 e. The van der Waals surface area contributed by atoms with Crippen LogP contribution in [0.3, 0.4) is 0 Å². The monoisotopic (exact) mass is 336 g/mol. The summed E-state index contributed by atoms with van der Waals surface area (Å²) in [5.41, 5.74) is 0.626. The molecule has 0 amide bonds. The van der Waals surface area contributed by atoms with Gasteiger partial charge in [-0.2, -0.15) is 8.42 Å². The van der Waals surface area contributed by atoms with Crippen LogP contribution in [-0.2, 0) is 10.0 Å². The number of hydrogen-bond acceptors (Lipinski definition) is 5. The highest BCUT2D eigenvalue weighted by Gasteiger charge is 2.26. The standard InChI is InChI=1S/C16H24N4O2S/c1-17-9-6-13-7-10-20(11-8-13)12-16-18-14-4-2-3-5-15(14)23(21,22)19-16/h2-5,13,17H,6-12H2,1H3,(H,18,19). The third-order valence-electron chi connectivity index (χ3n) is 4.56. The van der Waals surface area contributed by atoms with E-state index in [1.807, 2.05) is 13.1 Å². The van der Waals surface area contributed by atoms with Gasteiger partial charge >= 0.3 is 0 Å². The number of piperidine rings is 1. The van der Waals surface area contributed by atoms with E-state index in [9.17, 15) is 8.42 Å². The van der Waals surface area contributed by atoms with Crippen LogP contribution in [0.15, 0.2) is 33.6 Å². The first-order valence-electron chi connectivity index (χ1n) is 8.15. The molecule has 7 heteroatoms. The van der Waals surface area contributed by atoms with E-state index in [-0.39, 0.29) is 4.90 Å². The Morgan fingerprint density at radius 2 is 2.04 bits per heavy atom. The number of likely N-dealkylation sites (tertiary alicyclic amines) is 1. The summed E-state index contributed by atoms with van der Waals surface area (Å²) in [6, 6.07) is 6.92. The molecule has 6 nitrogen and oxygen atoms in total. The van der Waals surface area contributed by atoms with Crippen LogP contribution >= 0.6 is 0 Å². The fourth-order valence-corrected chi connectivity index (χ4v) is 4.37. The summed E-state index contributed by atoms with van der Waals surface area (Å²) in [5, 5.41) is 6.37. The normalized spacial score (nSPS) is 21.3. The zero-order valence-electron chi connectivity index (χ0n) is 13.5. The minimum absolute atomic E-state index is 0.259. The molecule has 0 bridgehead atoms. The molecule has 0 saturated carbocycles. The van der Waals surface area contributed by atoms with Gasteiger partial charge in [0.1, 0.15) is 10.7 Å². The van der Waals surface area contributed by atoms with E-state index >= 15 is 0 Å². The predicted molar refractivity (Wildman–Crippen MR) is 92.4 cm³/mol. The number of nitrogens with zero attached hydrogens (tertiary/aromatic N) is 2. The molecule has 0 aliphatic carbocycles. The van der Waals surface area contributed by atoms with E-state index in [1.165, 1.54) is 6.42 Å². The second kappa shape index (κ2) is 6.98. The largest absolute Gasteiger partial charge is 0.341 e. The molecule has 2 aliphatic heterocycles. The smallest absolute Gasteiger partial charge is 0.286 e. The first kappa shape index (κ1) is 16.4. The van der Waals surface area contributed by atoms with Crippen LogP contribution in [0, 0.1) is 5.92 Å². The number of para-hydroxylation sites is 1. The van der Waals surface area contributed by atoms with E-state index in [0.717, 1.165) is 38.4 Å². The van der Waals surface area contributed by atoms with Gasteiger partial charge in [0.05, 0.1) is 12.2 Å². The molecule has 1 fully saturated rings. The molecular formula is C16H24N4O2S. The zero-order chi connectivity index (χ0) is 16.3. The van der Waals surface area contributed by atoms with Gasteiger partial charge in [-0.05, 0) is 64.0 Å². The van der Waals surface area contributed by atoms with Gasteiger partial charge in [0, 0.05) is 0 Å². The summed E-state index contributed by atoms with van der Waals surface area (Å²) in [6.45, 7) is 3.62. The van der Waals surface area contributed by atoms with Crippen molar-refractivity contribution in [3.8, 4) is 0 Å². The molecule has 0 radical (unpaired) electrons. The summed E-state index contributed by atoms with van der Waals surface area (Å²) in [6.07, 6.45) is 3.54. The van der Waals surface area contributed by atoms with Crippen LogP contribution in [0.5, 0.6) is 0 Å². The first-order chi connectivity index (χ1) is 11.1. The van der Waals surface area contributed by atoms with Crippen LogP contribution in [0.2, 0.25) is 0 Å². The molecule has 3 rings (SSSR count). The van der Waals surface area contributed by atoms with Crippen molar-refractivity contribution in [2.24, 2.45) is 10.3 Å². The van der Waals surface area contributed by atoms with Gasteiger partial charge < -0.3 is 10.6 Å². The SMILES string of the molecule is CNCCC1CCN(CC2=NS(=O)(=O)c3ccccc3N2)CC1. The lowest BCUT2D eigenvalue weighted by molar-refractivity contribution is 0.199. The van der Waals surface area contributed by atoms with Crippen molar-refractivity contribution >= 4 is 21.5 Å². The van der Waals surface area contributed by atoms with Crippen molar-refractivity contribution in [1.82, 2.24) is 10.2 Å². The molecular weight excluding hydrogens is 312 g/mol. The molecule has 23 heavy (non-hydrogen) atoms. The Labute approximate surface area is 138 Å². The van der Waals surface area contributed by atoms with E-state index in [1.54, 1.807) is 18.2 Å². The summed E-state index contributed by atoms with van der Waals surface area (Å²) in [4.78, 5) is 2.54. The molecule has 0 aromatic heterocycles. The van der Waals surface area contributed by atoms with E-state index < -0.39 is 10.0 Å². The Balaban J connectivity index is 1.61. The number of fused-ring (bicyclic) bond motifs is 1. The number of anilines is 1. The lowest BCUT2D eigenvalue weighted by Crippen LogP contribution is -2.40. The molecule has 2 aliphatic rings. The highest BCUT2D eigenvalue weighted by atomic mass is 32.2. The lowest BCUT2D eigenvalue weighted by Gasteiger charge is -2.32. The van der Waals surface area contributed by atoms with E-state index in [0.29, 0.717) is 18.1 Å². The summed E-state index contributed by atoms with van der Waals surface area (Å²) < 4.78 is 28.4. The Bertz CT molecular complexity index is 679. The second-order valence-corrected chi connectivity index (χ2v) is 7.82. The Kier molecular flexibility index (Phi) is 4.99. The quantitative estimate of drug-likeness (QED) is 0.853. The number of amidine groups is 1. The van der Waals surface area contributed by atoms with Gasteiger partial charge in [-0.3, -0.25) is 4.90 Å². The van der Waals surface area contributed by atoms with Crippen LogP contribution in [-0.4, -0.2) is 52.4 Å². The van der Waals surface area contributed by atoms with Crippen molar-refractivity contribution in [1.29, 1.82) is 0 Å². The number of rotatable bonds is 5. The third kappa shape index (κ3) is 3.91. The number of nitrogens with one attached hydrogen (secondary N) is 2. The zero-order valence-corrected chi connectivity index (χ0v) is 14.3. The van der Waals surface area contributed by atoms with Gasteiger partial charge in [-0.1, -0.05) is 12.1 Å². The van der Waals surface area contributed by atoms with Crippen LogP contribution in [0.4, 0.5) is 5.69 Å². The van der Waals surface area contributed by atoms with E-state index in [4.69, 9.17) is 0 Å². The third-order valence-corrected chi connectivity index (χ3v) is 5.93. The van der Waals surface area contributed by atoms with Crippen molar-refractivity contribution in [2.45, 2.75) is 24.2 Å².